The fourth-order valence-electron chi connectivity index (χ4n) is 0.474. The van der Waals surface area contributed by atoms with Crippen molar-refractivity contribution in [3.8, 4) is 0 Å². The summed E-state index contributed by atoms with van der Waals surface area (Å²) >= 11 is 4.86. The van der Waals surface area contributed by atoms with E-state index in [9.17, 15) is 17.2 Å². The molecule has 4 nitrogen and oxygen atoms in total. The molecule has 0 atom stereocenters. The molecule has 0 amide bonds. The van der Waals surface area contributed by atoms with E-state index in [-0.39, 0.29) is 11.3 Å². The highest BCUT2D eigenvalue weighted by Crippen LogP contribution is 2.34. The lowest BCUT2D eigenvalue weighted by Crippen LogP contribution is -2.01. The zero-order valence-corrected chi connectivity index (χ0v) is 8.55. The fraction of sp³-hybridized carbons (Fsp3) is 0.500. The molecule has 0 aromatic carbocycles. The average Bonchev–Trinajstić information content (AvgIpc) is 2.28. The highest BCUT2D eigenvalue weighted by Gasteiger charge is 2.34. The second-order valence-electron chi connectivity index (χ2n) is 2.14. The summed E-state index contributed by atoms with van der Waals surface area (Å²) in [7, 11) is -3.59. The summed E-state index contributed by atoms with van der Waals surface area (Å²) < 4.78 is 45.8. The second-order valence-corrected chi connectivity index (χ2v) is 5.78. The standard InChI is InChI=1S/C4H3ClF2N2O2S2/c1-13(10,11)3-9-8-2(12-3)4(5,6)7/h1H3. The van der Waals surface area contributed by atoms with Gasteiger partial charge in [-0.3, -0.25) is 0 Å². The molecule has 1 aromatic rings. The summed E-state index contributed by atoms with van der Waals surface area (Å²) in [6.45, 7) is 0. The Hall–Kier alpha value is -0.340. The third-order valence-corrected chi connectivity index (χ3v) is 3.92. The predicted octanol–water partition coefficient (Wildman–Crippen LogP) is 1.23. The largest absolute Gasteiger partial charge is 0.375 e. The SMILES string of the molecule is CS(=O)(=O)c1nnc(C(F)(F)Cl)s1. The molecule has 0 radical (unpaired) electrons. The van der Waals surface area contributed by atoms with E-state index in [0.29, 0.717) is 0 Å². The molecule has 0 bridgehead atoms. The first-order valence-electron chi connectivity index (χ1n) is 2.82. The fourth-order valence-corrected chi connectivity index (χ4v) is 2.10. The number of rotatable bonds is 2. The molecule has 0 N–H and O–H groups in total. The van der Waals surface area contributed by atoms with Gasteiger partial charge in [0.2, 0.25) is 19.2 Å². The van der Waals surface area contributed by atoms with Crippen LogP contribution in [0.2, 0.25) is 0 Å². The first-order chi connectivity index (χ1) is 5.71. The maximum Gasteiger partial charge on any atom is 0.375 e. The van der Waals surface area contributed by atoms with Crippen molar-refractivity contribution < 1.29 is 17.2 Å². The normalized spacial score (nSPS) is 13.2. The highest BCUT2D eigenvalue weighted by atomic mass is 35.5. The summed E-state index contributed by atoms with van der Waals surface area (Å²) in [4.78, 5) is 0. The van der Waals surface area contributed by atoms with Crippen LogP contribution in [0.25, 0.3) is 0 Å². The molecule has 0 aliphatic rings. The maximum atomic E-state index is 12.3. The molecular formula is C4H3ClF2N2O2S2. The Morgan fingerprint density at radius 1 is 1.46 bits per heavy atom. The molecule has 74 valence electrons. The van der Waals surface area contributed by atoms with E-state index in [0.717, 1.165) is 6.26 Å². The van der Waals surface area contributed by atoms with E-state index in [1.807, 2.05) is 0 Å². The minimum atomic E-state index is -3.67. The van der Waals surface area contributed by atoms with Gasteiger partial charge in [-0.2, -0.15) is 8.78 Å². The molecule has 0 saturated carbocycles. The van der Waals surface area contributed by atoms with Gasteiger partial charge in [-0.25, -0.2) is 8.42 Å². The van der Waals surface area contributed by atoms with Crippen molar-refractivity contribution in [2.45, 2.75) is 9.72 Å². The van der Waals surface area contributed by atoms with Gasteiger partial charge in [0.1, 0.15) is 0 Å². The van der Waals surface area contributed by atoms with Gasteiger partial charge in [-0.1, -0.05) is 11.3 Å². The molecule has 1 heterocycles. The van der Waals surface area contributed by atoms with Gasteiger partial charge < -0.3 is 0 Å². The van der Waals surface area contributed by atoms with E-state index < -0.39 is 24.6 Å². The van der Waals surface area contributed by atoms with Crippen molar-refractivity contribution in [3.63, 3.8) is 0 Å². The van der Waals surface area contributed by atoms with Crippen molar-refractivity contribution in [2.75, 3.05) is 6.26 Å². The summed E-state index contributed by atoms with van der Waals surface area (Å²) in [5.74, 6) is 0. The second kappa shape index (κ2) is 3.10. The zero-order valence-electron chi connectivity index (χ0n) is 6.16. The third kappa shape index (κ3) is 2.55. The van der Waals surface area contributed by atoms with Crippen LogP contribution in [0.3, 0.4) is 0 Å². The topological polar surface area (TPSA) is 59.9 Å². The summed E-state index contributed by atoms with van der Waals surface area (Å²) in [6.07, 6.45) is 0.851. The van der Waals surface area contributed by atoms with E-state index in [1.165, 1.54) is 0 Å². The number of halogens is 3. The summed E-state index contributed by atoms with van der Waals surface area (Å²) in [5, 5.41) is 1.54. The summed E-state index contributed by atoms with van der Waals surface area (Å²) in [6, 6.07) is 0. The molecule has 1 rings (SSSR count). The molecular weight excluding hydrogens is 246 g/mol. The zero-order chi connectivity index (χ0) is 10.3. The Kier molecular flexibility index (Phi) is 2.56. The first-order valence-corrected chi connectivity index (χ1v) is 5.90. The highest BCUT2D eigenvalue weighted by molar-refractivity contribution is 7.92. The van der Waals surface area contributed by atoms with Gasteiger partial charge >= 0.3 is 5.38 Å². The van der Waals surface area contributed by atoms with Crippen LogP contribution < -0.4 is 0 Å². The average molecular weight is 249 g/mol. The van der Waals surface area contributed by atoms with Gasteiger partial charge in [0.25, 0.3) is 0 Å². The van der Waals surface area contributed by atoms with Crippen molar-refractivity contribution in [3.05, 3.63) is 5.01 Å². The molecule has 0 aliphatic carbocycles. The van der Waals surface area contributed by atoms with Crippen molar-refractivity contribution in [2.24, 2.45) is 0 Å². The van der Waals surface area contributed by atoms with Crippen LogP contribution in [0, 0.1) is 0 Å². The molecule has 0 aliphatic heterocycles. The number of aromatic nitrogens is 2. The Morgan fingerprint density at radius 2 is 2.00 bits per heavy atom. The van der Waals surface area contributed by atoms with E-state index in [1.54, 1.807) is 0 Å². The molecule has 9 heteroatoms. The molecule has 13 heavy (non-hydrogen) atoms. The van der Waals surface area contributed by atoms with Crippen LogP contribution in [-0.2, 0) is 15.2 Å². The number of hydrogen-bond acceptors (Lipinski definition) is 5. The Morgan fingerprint density at radius 3 is 2.23 bits per heavy atom. The minimum Gasteiger partial charge on any atom is -0.221 e. The smallest absolute Gasteiger partial charge is 0.221 e. The third-order valence-electron chi connectivity index (χ3n) is 0.966. The lowest BCUT2D eigenvalue weighted by molar-refractivity contribution is 0.0939. The van der Waals surface area contributed by atoms with Gasteiger partial charge in [0.05, 0.1) is 0 Å². The number of alkyl halides is 3. The minimum absolute atomic E-state index is 0.255. The van der Waals surface area contributed by atoms with Crippen molar-refractivity contribution >= 4 is 32.8 Å². The van der Waals surface area contributed by atoms with E-state index >= 15 is 0 Å². The van der Waals surface area contributed by atoms with E-state index in [4.69, 9.17) is 0 Å². The van der Waals surface area contributed by atoms with Crippen LogP contribution in [0.4, 0.5) is 8.78 Å². The lowest BCUT2D eigenvalue weighted by Gasteiger charge is -1.98. The van der Waals surface area contributed by atoms with Crippen molar-refractivity contribution in [1.29, 1.82) is 0 Å². The molecule has 0 saturated heterocycles. The van der Waals surface area contributed by atoms with Gasteiger partial charge in [-0.15, -0.1) is 10.2 Å². The van der Waals surface area contributed by atoms with Crippen LogP contribution in [0.5, 0.6) is 0 Å². The first kappa shape index (κ1) is 10.7. The lowest BCUT2D eigenvalue weighted by atomic mass is 10.7. The van der Waals surface area contributed by atoms with Crippen LogP contribution in [0.1, 0.15) is 5.01 Å². The maximum absolute atomic E-state index is 12.3. The Labute approximate surface area is 81.5 Å². The van der Waals surface area contributed by atoms with E-state index in [2.05, 4.69) is 21.8 Å². The molecule has 1 aromatic heterocycles. The van der Waals surface area contributed by atoms with Crippen LogP contribution in [0.15, 0.2) is 4.34 Å². The molecule has 0 unspecified atom stereocenters. The Balaban J connectivity index is 3.16. The molecule has 0 fully saturated rings. The number of hydrogen-bond donors (Lipinski definition) is 0. The van der Waals surface area contributed by atoms with Crippen LogP contribution >= 0.6 is 22.9 Å². The van der Waals surface area contributed by atoms with Crippen LogP contribution in [-0.4, -0.2) is 24.9 Å². The number of sulfone groups is 1. The monoisotopic (exact) mass is 248 g/mol. The van der Waals surface area contributed by atoms with Gasteiger partial charge in [-0.05, 0) is 11.6 Å². The van der Waals surface area contributed by atoms with Gasteiger partial charge in [0, 0.05) is 6.26 Å². The van der Waals surface area contributed by atoms with Gasteiger partial charge in [0.15, 0.2) is 0 Å². The molecule has 0 spiro atoms. The van der Waals surface area contributed by atoms with Crippen molar-refractivity contribution in [1.82, 2.24) is 10.2 Å². The predicted molar refractivity (Wildman–Crippen MR) is 42.8 cm³/mol. The Bertz CT molecular complexity index is 410. The summed E-state index contributed by atoms with van der Waals surface area (Å²) in [5.41, 5.74) is 0. The number of nitrogens with zero attached hydrogens (tertiary/aromatic N) is 2. The quantitative estimate of drug-likeness (QED) is 0.739.